The van der Waals surface area contributed by atoms with Crippen molar-refractivity contribution in [3.05, 3.63) is 69.8 Å². The number of hydrogen-bond acceptors (Lipinski definition) is 5. The van der Waals surface area contributed by atoms with Gasteiger partial charge in [-0.1, -0.05) is 30.3 Å². The molecule has 162 valence electrons. The minimum atomic E-state index is -0.383. The number of anilines is 1. The quantitative estimate of drug-likeness (QED) is 0.239. The van der Waals surface area contributed by atoms with E-state index in [0.717, 1.165) is 56.6 Å². The Balaban J connectivity index is 1.49. The van der Waals surface area contributed by atoms with Gasteiger partial charge in [-0.05, 0) is 6.07 Å². The maximum Gasteiger partial charge on any atom is 0.276 e. The molecule has 4 bridgehead atoms. The lowest BCUT2D eigenvalue weighted by Gasteiger charge is -2.52. The van der Waals surface area contributed by atoms with Crippen LogP contribution in [0, 0.1) is 15.5 Å². The minimum absolute atomic E-state index is 0.0319. The Morgan fingerprint density at radius 1 is 1.00 bits per heavy atom. The summed E-state index contributed by atoms with van der Waals surface area (Å²) in [4.78, 5) is 28.2. The Kier molecular flexibility index (Phi) is 4.22. The predicted octanol–water partition coefficient (Wildman–Crippen LogP) is -2.71. The van der Waals surface area contributed by atoms with Gasteiger partial charge in [-0.25, -0.2) is 14.7 Å². The van der Waals surface area contributed by atoms with E-state index in [1.807, 2.05) is 30.3 Å². The van der Waals surface area contributed by atoms with Crippen LogP contribution >= 0.6 is 0 Å². The minimum Gasteiger partial charge on any atom is -0.320 e. The number of carbonyl (C=O) groups is 1. The summed E-state index contributed by atoms with van der Waals surface area (Å²) < 4.78 is 0. The smallest absolute Gasteiger partial charge is 0.276 e. The zero-order valence-corrected chi connectivity index (χ0v) is 17.4. The summed E-state index contributed by atoms with van der Waals surface area (Å²) in [5, 5.41) is 23.4. The lowest BCUT2D eigenvalue weighted by Crippen LogP contribution is -3.56. The Labute approximate surface area is 184 Å². The van der Waals surface area contributed by atoms with Crippen molar-refractivity contribution in [2.75, 3.05) is 45.0 Å². The topological polar surface area (TPSA) is 110 Å². The summed E-state index contributed by atoms with van der Waals surface area (Å²) in [5.74, 6) is -0.281. The molecule has 1 amide bonds. The highest BCUT2D eigenvalue weighted by atomic mass is 16.6. The number of nitrogens with zero attached hydrogens (tertiary/aromatic N) is 3. The first-order valence-electron chi connectivity index (χ1n) is 10.8. The number of para-hydroxylation sites is 1. The van der Waals surface area contributed by atoms with Gasteiger partial charge in [0, 0.05) is 23.3 Å². The average molecular weight is 434 g/mol. The van der Waals surface area contributed by atoms with Gasteiger partial charge >= 0.3 is 0 Å². The van der Waals surface area contributed by atoms with Crippen LogP contribution in [-0.2, 0) is 4.79 Å². The molecule has 2 aromatic carbocycles. The molecule has 0 unspecified atom stereocenters. The molecule has 0 aliphatic carbocycles. The molecule has 7 rings (SSSR count). The molecule has 0 atom stereocenters. The second-order valence-corrected chi connectivity index (χ2v) is 9.30. The number of benzene rings is 2. The Hall–Kier alpha value is -3.47. The number of nitro groups is 1. The maximum absolute atomic E-state index is 12.6. The van der Waals surface area contributed by atoms with Crippen molar-refractivity contribution in [1.82, 2.24) is 0 Å². The number of fused-ring (bicyclic) bond motifs is 1. The van der Waals surface area contributed by atoms with Crippen molar-refractivity contribution in [2.45, 2.75) is 0 Å². The normalized spacial score (nSPS) is 31.6. The van der Waals surface area contributed by atoms with E-state index in [1.54, 1.807) is 12.1 Å². The number of non-ortho nitro benzene ring substituents is 1. The molecule has 5 aliphatic rings. The lowest BCUT2D eigenvalue weighted by molar-refractivity contribution is -1.30. The van der Waals surface area contributed by atoms with Crippen LogP contribution < -0.4 is 20.0 Å². The van der Waals surface area contributed by atoms with Crippen LogP contribution in [0.15, 0.2) is 58.7 Å². The van der Waals surface area contributed by atoms with Gasteiger partial charge in [-0.3, -0.25) is 14.9 Å². The first-order valence-corrected chi connectivity index (χ1v) is 10.8. The molecular formula is C22H24N7O3+3. The van der Waals surface area contributed by atoms with Crippen molar-refractivity contribution >= 4 is 28.7 Å². The zero-order chi connectivity index (χ0) is 21.9. The van der Waals surface area contributed by atoms with Crippen LogP contribution in [0.2, 0.25) is 0 Å². The van der Waals surface area contributed by atoms with E-state index in [2.05, 4.69) is 10.4 Å². The number of nitrogens with one attached hydrogen (secondary N) is 4. The van der Waals surface area contributed by atoms with E-state index in [9.17, 15) is 14.9 Å². The Morgan fingerprint density at radius 2 is 1.69 bits per heavy atom. The third-order valence-electron chi connectivity index (χ3n) is 6.99. The number of amides is 1. The Bertz CT molecular complexity index is 1170. The largest absolute Gasteiger partial charge is 0.320 e. The molecule has 5 heterocycles. The number of quaternary nitrogens is 3. The van der Waals surface area contributed by atoms with E-state index < -0.39 is 0 Å². The summed E-state index contributed by atoms with van der Waals surface area (Å²) in [7, 11) is 0. The van der Waals surface area contributed by atoms with Crippen molar-refractivity contribution in [1.29, 1.82) is 0 Å². The molecule has 4 saturated heterocycles. The van der Waals surface area contributed by atoms with Gasteiger partial charge < -0.3 is 5.32 Å². The summed E-state index contributed by atoms with van der Waals surface area (Å²) >= 11 is 0. The number of hydrogen-bond donors (Lipinski definition) is 4. The highest BCUT2D eigenvalue weighted by Crippen LogP contribution is 2.27. The number of nitro benzene ring substituents is 1. The average Bonchev–Trinajstić information content (AvgIpc) is 3.08. The molecule has 4 fully saturated rings. The van der Waals surface area contributed by atoms with Gasteiger partial charge in [-0.2, -0.15) is 5.10 Å². The van der Waals surface area contributed by atoms with E-state index in [4.69, 9.17) is 5.10 Å². The van der Waals surface area contributed by atoms with Crippen LogP contribution in [-0.4, -0.2) is 61.9 Å². The van der Waals surface area contributed by atoms with Crippen molar-refractivity contribution < 1.29 is 24.4 Å². The fourth-order valence-electron chi connectivity index (χ4n) is 6.04. The molecular weight excluding hydrogens is 410 g/mol. The van der Waals surface area contributed by atoms with E-state index in [-0.39, 0.29) is 27.6 Å². The molecule has 5 aliphatic heterocycles. The molecule has 10 nitrogen and oxygen atoms in total. The van der Waals surface area contributed by atoms with Gasteiger partial charge in [0.05, 0.1) is 16.3 Å². The second-order valence-electron chi connectivity index (χ2n) is 9.30. The Morgan fingerprint density at radius 3 is 2.38 bits per heavy atom. The molecule has 0 saturated carbocycles. The van der Waals surface area contributed by atoms with Crippen LogP contribution in [0.3, 0.4) is 0 Å². The van der Waals surface area contributed by atoms with Crippen LogP contribution in [0.4, 0.5) is 11.4 Å². The van der Waals surface area contributed by atoms with Gasteiger partial charge in [-0.15, -0.1) is 5.10 Å². The van der Waals surface area contributed by atoms with Crippen LogP contribution in [0.5, 0.6) is 0 Å². The molecule has 32 heavy (non-hydrogen) atoms. The first-order chi connectivity index (χ1) is 15.5. The van der Waals surface area contributed by atoms with Crippen LogP contribution in [0.25, 0.3) is 0 Å². The van der Waals surface area contributed by atoms with Crippen molar-refractivity contribution in [3.63, 3.8) is 0 Å². The molecule has 0 radical (unpaired) electrons. The second kappa shape index (κ2) is 7.02. The van der Waals surface area contributed by atoms with Crippen molar-refractivity contribution in [3.8, 4) is 0 Å². The molecule has 10 heteroatoms. The van der Waals surface area contributed by atoms with E-state index >= 15 is 0 Å². The fraction of sp³-hybridized carbons (Fsp3) is 0.318. The monoisotopic (exact) mass is 434 g/mol. The third-order valence-corrected chi connectivity index (χ3v) is 6.99. The van der Waals surface area contributed by atoms with Gasteiger partial charge in [0.25, 0.3) is 11.6 Å². The number of rotatable bonds is 4. The summed E-state index contributed by atoms with van der Waals surface area (Å²) in [6.07, 6.45) is 0. The van der Waals surface area contributed by atoms with Crippen LogP contribution in [0.1, 0.15) is 11.1 Å². The lowest BCUT2D eigenvalue weighted by atomic mass is 9.74. The predicted molar refractivity (Wildman–Crippen MR) is 116 cm³/mol. The summed E-state index contributed by atoms with van der Waals surface area (Å²) in [5.41, 5.74) is 2.98. The zero-order valence-electron chi connectivity index (χ0n) is 17.4. The van der Waals surface area contributed by atoms with Gasteiger partial charge in [0.1, 0.15) is 19.6 Å². The standard InChI is InChI=1S/C22H21N7O3/c30-21-19(17-6-1-2-7-18(17)23-21)24-25-20(15-4-3-5-16(8-15)29(31)32)22-9-26-12-27(10-22)14-28(11-22)13-26/h1-8H,9-14H2,(H,23,24,30)/p+3/b25-20+. The highest BCUT2D eigenvalue weighted by Gasteiger charge is 2.60. The van der Waals surface area contributed by atoms with E-state index in [1.165, 1.54) is 20.8 Å². The number of carbonyl (C=O) groups excluding carboxylic acids is 1. The van der Waals surface area contributed by atoms with Gasteiger partial charge in [0.15, 0.2) is 11.1 Å². The summed E-state index contributed by atoms with van der Waals surface area (Å²) in [6.45, 7) is 6.06. The third kappa shape index (κ3) is 3.03. The van der Waals surface area contributed by atoms with E-state index in [0.29, 0.717) is 5.56 Å². The van der Waals surface area contributed by atoms with Crippen molar-refractivity contribution in [2.24, 2.45) is 15.6 Å². The molecule has 2 aromatic rings. The molecule has 4 N–H and O–H groups in total. The first kappa shape index (κ1) is 19.2. The molecule has 0 spiro atoms. The highest BCUT2D eigenvalue weighted by molar-refractivity contribution is 6.53. The SMILES string of the molecule is O=C1Nc2ccccc2/C1=N/N=C(\c1cccc([N+](=O)[O-])c1)C12C[NH+]3C[NH+](C[NH+](C3)C1)C2. The fourth-order valence-corrected chi connectivity index (χ4v) is 6.04. The van der Waals surface area contributed by atoms with Gasteiger partial charge in [0.2, 0.25) is 20.0 Å². The maximum atomic E-state index is 12.6. The summed E-state index contributed by atoms with van der Waals surface area (Å²) in [6, 6.07) is 14.1. The molecule has 0 aromatic heterocycles.